The molecule has 0 saturated heterocycles. The van der Waals surface area contributed by atoms with Gasteiger partial charge in [-0.15, -0.1) is 0 Å². The van der Waals surface area contributed by atoms with Crippen molar-refractivity contribution < 1.29 is 18.7 Å². The number of halogens is 1. The summed E-state index contributed by atoms with van der Waals surface area (Å²) in [5.41, 5.74) is 1.12. The van der Waals surface area contributed by atoms with Crippen LogP contribution in [0.5, 0.6) is 5.95 Å². The fourth-order valence-electron chi connectivity index (χ4n) is 1.55. The van der Waals surface area contributed by atoms with E-state index in [-0.39, 0.29) is 5.95 Å². The Balaban J connectivity index is 2.51. The van der Waals surface area contributed by atoms with Gasteiger partial charge >= 0.3 is 5.97 Å². The molecule has 1 aromatic heterocycles. The summed E-state index contributed by atoms with van der Waals surface area (Å²) in [4.78, 5) is 11.7. The average molecular weight is 311 g/mol. The van der Waals surface area contributed by atoms with Gasteiger partial charge < -0.3 is 13.9 Å². The second-order valence-electron chi connectivity index (χ2n) is 3.51. The smallest absolute Gasteiger partial charge is 0.341 e. The highest BCUT2D eigenvalue weighted by atomic mass is 79.9. The lowest BCUT2D eigenvalue weighted by Crippen LogP contribution is -2.00. The zero-order valence-electron chi connectivity index (χ0n) is 9.90. The summed E-state index contributed by atoms with van der Waals surface area (Å²) in [6.45, 7) is 0. The van der Waals surface area contributed by atoms with Crippen LogP contribution >= 0.6 is 15.9 Å². The molecule has 0 unspecified atom stereocenters. The van der Waals surface area contributed by atoms with Crippen molar-refractivity contribution in [2.45, 2.75) is 0 Å². The number of ether oxygens (including phenoxy) is 2. The Morgan fingerprint density at radius 2 is 1.89 bits per heavy atom. The summed E-state index contributed by atoms with van der Waals surface area (Å²) in [7, 11) is 2.80. The molecule has 0 radical (unpaired) electrons. The standard InChI is InChI=1S/C13H11BrO4/c1-16-11-7-10(13(15)17-2)12(18-11)8-3-5-9(14)6-4-8/h3-7H,1-2H3. The lowest BCUT2D eigenvalue weighted by atomic mass is 10.1. The van der Waals surface area contributed by atoms with Crippen LogP contribution < -0.4 is 4.74 Å². The van der Waals surface area contributed by atoms with Gasteiger partial charge in [0.2, 0.25) is 0 Å². The highest BCUT2D eigenvalue weighted by molar-refractivity contribution is 9.10. The maximum Gasteiger partial charge on any atom is 0.341 e. The number of esters is 1. The van der Waals surface area contributed by atoms with E-state index in [0.717, 1.165) is 10.0 Å². The number of carbonyl (C=O) groups is 1. The predicted molar refractivity (Wildman–Crippen MR) is 69.7 cm³/mol. The monoisotopic (exact) mass is 310 g/mol. The summed E-state index contributed by atoms with van der Waals surface area (Å²) in [6.07, 6.45) is 0. The molecule has 0 spiro atoms. The van der Waals surface area contributed by atoms with Gasteiger partial charge in [0.05, 0.1) is 14.2 Å². The van der Waals surface area contributed by atoms with E-state index in [2.05, 4.69) is 15.9 Å². The van der Waals surface area contributed by atoms with Gasteiger partial charge in [-0.3, -0.25) is 0 Å². The number of benzene rings is 1. The number of hydrogen-bond donors (Lipinski definition) is 0. The summed E-state index contributed by atoms with van der Waals surface area (Å²) in [5, 5.41) is 0. The van der Waals surface area contributed by atoms with Crippen molar-refractivity contribution in [3.63, 3.8) is 0 Å². The van der Waals surface area contributed by atoms with Crippen molar-refractivity contribution in [2.24, 2.45) is 0 Å². The molecular weight excluding hydrogens is 300 g/mol. The fraction of sp³-hybridized carbons (Fsp3) is 0.154. The van der Waals surface area contributed by atoms with Gasteiger partial charge in [-0.05, 0) is 12.1 Å². The van der Waals surface area contributed by atoms with Crippen molar-refractivity contribution in [3.8, 4) is 17.3 Å². The van der Waals surface area contributed by atoms with Gasteiger partial charge in [0.1, 0.15) is 5.56 Å². The molecule has 1 aromatic carbocycles. The SMILES string of the molecule is COC(=O)c1cc(OC)oc1-c1ccc(Br)cc1. The molecule has 1 heterocycles. The van der Waals surface area contributed by atoms with Crippen LogP contribution in [-0.2, 0) is 4.74 Å². The van der Waals surface area contributed by atoms with Crippen LogP contribution in [0.25, 0.3) is 11.3 Å². The van der Waals surface area contributed by atoms with Crippen molar-refractivity contribution >= 4 is 21.9 Å². The lowest BCUT2D eigenvalue weighted by molar-refractivity contribution is 0.0601. The van der Waals surface area contributed by atoms with Crippen molar-refractivity contribution in [3.05, 3.63) is 40.4 Å². The molecule has 0 aliphatic carbocycles. The highest BCUT2D eigenvalue weighted by Gasteiger charge is 2.20. The fourth-order valence-corrected chi connectivity index (χ4v) is 1.81. The van der Waals surface area contributed by atoms with Gasteiger partial charge in [-0.25, -0.2) is 4.79 Å². The molecule has 18 heavy (non-hydrogen) atoms. The third-order valence-corrected chi connectivity index (χ3v) is 2.95. The topological polar surface area (TPSA) is 48.7 Å². The maximum atomic E-state index is 11.7. The van der Waals surface area contributed by atoms with Crippen molar-refractivity contribution in [1.29, 1.82) is 0 Å². The minimum absolute atomic E-state index is 0.272. The van der Waals surface area contributed by atoms with E-state index in [4.69, 9.17) is 13.9 Å². The summed E-state index contributed by atoms with van der Waals surface area (Å²) in [6, 6.07) is 8.93. The van der Waals surface area contributed by atoms with Gasteiger partial charge in [0, 0.05) is 16.1 Å². The largest absolute Gasteiger partial charge is 0.468 e. The molecule has 2 aromatic rings. The van der Waals surface area contributed by atoms with E-state index >= 15 is 0 Å². The molecule has 0 saturated carbocycles. The molecule has 4 nitrogen and oxygen atoms in total. The zero-order valence-corrected chi connectivity index (χ0v) is 11.5. The second-order valence-corrected chi connectivity index (χ2v) is 4.43. The van der Waals surface area contributed by atoms with Gasteiger partial charge in [-0.2, -0.15) is 0 Å². The van der Waals surface area contributed by atoms with Crippen LogP contribution in [-0.4, -0.2) is 20.2 Å². The van der Waals surface area contributed by atoms with E-state index in [1.165, 1.54) is 20.3 Å². The molecule has 0 N–H and O–H groups in total. The van der Waals surface area contributed by atoms with Crippen LogP contribution in [0.4, 0.5) is 0 Å². The van der Waals surface area contributed by atoms with E-state index in [1.807, 2.05) is 24.3 Å². The second kappa shape index (κ2) is 5.27. The molecule has 0 atom stereocenters. The third-order valence-electron chi connectivity index (χ3n) is 2.42. The van der Waals surface area contributed by atoms with E-state index in [1.54, 1.807) is 0 Å². The van der Waals surface area contributed by atoms with Gasteiger partial charge in [-0.1, -0.05) is 28.1 Å². The lowest BCUT2D eigenvalue weighted by Gasteiger charge is -2.01. The molecule has 0 aliphatic rings. The number of rotatable bonds is 3. The first-order valence-corrected chi connectivity index (χ1v) is 5.97. The quantitative estimate of drug-likeness (QED) is 0.814. The Hall–Kier alpha value is -1.75. The molecule has 0 fully saturated rings. The number of furan rings is 1. The van der Waals surface area contributed by atoms with Crippen LogP contribution in [0.15, 0.2) is 39.2 Å². The van der Waals surface area contributed by atoms with Crippen molar-refractivity contribution in [1.82, 2.24) is 0 Å². The highest BCUT2D eigenvalue weighted by Crippen LogP contribution is 2.32. The van der Waals surface area contributed by atoms with E-state index in [9.17, 15) is 4.79 Å². The Labute approximate surface area is 113 Å². The first-order chi connectivity index (χ1) is 8.65. The first kappa shape index (κ1) is 12.7. The van der Waals surface area contributed by atoms with E-state index in [0.29, 0.717) is 11.3 Å². The van der Waals surface area contributed by atoms with Crippen LogP contribution in [0.2, 0.25) is 0 Å². The maximum absolute atomic E-state index is 11.7. The van der Waals surface area contributed by atoms with Crippen molar-refractivity contribution in [2.75, 3.05) is 14.2 Å². The number of methoxy groups -OCH3 is 2. The Morgan fingerprint density at radius 1 is 1.22 bits per heavy atom. The Bertz CT molecular complexity index is 557. The number of carbonyl (C=O) groups excluding carboxylic acids is 1. The normalized spacial score (nSPS) is 10.2. The molecule has 5 heteroatoms. The van der Waals surface area contributed by atoms with Crippen LogP contribution in [0, 0.1) is 0 Å². The molecule has 2 rings (SSSR count). The minimum atomic E-state index is -0.458. The number of hydrogen-bond acceptors (Lipinski definition) is 4. The molecule has 0 aliphatic heterocycles. The third kappa shape index (κ3) is 2.41. The van der Waals surface area contributed by atoms with Crippen LogP contribution in [0.1, 0.15) is 10.4 Å². The summed E-state index contributed by atoms with van der Waals surface area (Å²) in [5.74, 6) is 0.250. The first-order valence-electron chi connectivity index (χ1n) is 5.17. The minimum Gasteiger partial charge on any atom is -0.468 e. The summed E-state index contributed by atoms with van der Waals surface area (Å²) < 4.78 is 16.1. The van der Waals surface area contributed by atoms with E-state index < -0.39 is 5.97 Å². The zero-order chi connectivity index (χ0) is 13.1. The molecule has 94 valence electrons. The van der Waals surface area contributed by atoms with Crippen LogP contribution in [0.3, 0.4) is 0 Å². The molecule has 0 bridgehead atoms. The molecule has 0 amide bonds. The molecular formula is C13H11BrO4. The van der Waals surface area contributed by atoms with Gasteiger partial charge in [0.15, 0.2) is 5.76 Å². The average Bonchev–Trinajstić information content (AvgIpc) is 2.83. The Kier molecular flexibility index (Phi) is 3.72. The predicted octanol–water partition coefficient (Wildman–Crippen LogP) is 3.50. The Morgan fingerprint density at radius 3 is 2.44 bits per heavy atom. The van der Waals surface area contributed by atoms with Gasteiger partial charge in [0.25, 0.3) is 5.95 Å². The summed E-state index contributed by atoms with van der Waals surface area (Å²) >= 11 is 3.35.